The fourth-order valence-electron chi connectivity index (χ4n) is 4.13. The molecular formula is C29H31Cl4N3O4S. The second-order valence-corrected chi connectivity index (χ2v) is 12.8. The minimum absolute atomic E-state index is 0.0178. The maximum atomic E-state index is 14.2. The average Bonchev–Trinajstić information content (AvgIpc) is 2.95. The molecule has 12 heteroatoms. The lowest BCUT2D eigenvalue weighted by Gasteiger charge is -2.34. The van der Waals surface area contributed by atoms with Crippen LogP contribution in [0.4, 0.5) is 5.69 Å². The predicted octanol–water partition coefficient (Wildman–Crippen LogP) is 7.22. The van der Waals surface area contributed by atoms with Crippen LogP contribution in [-0.2, 0) is 26.2 Å². The smallest absolute Gasteiger partial charge is 0.264 e. The monoisotopic (exact) mass is 657 g/mol. The van der Waals surface area contributed by atoms with E-state index in [1.807, 2.05) is 13.8 Å². The van der Waals surface area contributed by atoms with Crippen molar-refractivity contribution in [3.8, 4) is 0 Å². The first-order valence-electron chi connectivity index (χ1n) is 13.0. The lowest BCUT2D eigenvalue weighted by molar-refractivity contribution is -0.140. The second kappa shape index (κ2) is 14.6. The summed E-state index contributed by atoms with van der Waals surface area (Å²) < 4.78 is 28.7. The minimum Gasteiger partial charge on any atom is -0.352 e. The van der Waals surface area contributed by atoms with Crippen molar-refractivity contribution in [3.05, 3.63) is 92.4 Å². The fraction of sp³-hybridized carbons (Fsp3) is 0.310. The second-order valence-electron chi connectivity index (χ2n) is 9.36. The standard InChI is InChI=1S/C29H31Cl4N3O4S/c1-4-19(3)34-29(38)25(5-2)35(17-21-22(30)13-9-14-23(21)31)27(37)18-36(26-16-10-15-24(32)28(26)33)41(39,40)20-11-7-6-8-12-20/h6-16,19,25H,4-5,17-18H2,1-3H3,(H,34,38). The van der Waals surface area contributed by atoms with Crippen molar-refractivity contribution in [2.45, 2.75) is 57.1 Å². The van der Waals surface area contributed by atoms with Gasteiger partial charge in [0.1, 0.15) is 12.6 Å². The van der Waals surface area contributed by atoms with E-state index >= 15 is 0 Å². The highest BCUT2D eigenvalue weighted by molar-refractivity contribution is 7.92. The zero-order valence-electron chi connectivity index (χ0n) is 22.8. The summed E-state index contributed by atoms with van der Waals surface area (Å²) in [7, 11) is -4.30. The number of anilines is 1. The Morgan fingerprint density at radius 3 is 2.00 bits per heavy atom. The molecule has 0 fully saturated rings. The van der Waals surface area contributed by atoms with Gasteiger partial charge in [0.05, 0.1) is 20.6 Å². The van der Waals surface area contributed by atoms with Gasteiger partial charge in [-0.15, -0.1) is 0 Å². The number of carbonyl (C=O) groups is 2. The zero-order chi connectivity index (χ0) is 30.3. The van der Waals surface area contributed by atoms with Crippen LogP contribution in [0, 0.1) is 0 Å². The van der Waals surface area contributed by atoms with Crippen LogP contribution in [0.15, 0.2) is 71.6 Å². The third kappa shape index (κ3) is 7.87. The number of amides is 2. The van der Waals surface area contributed by atoms with Crippen LogP contribution in [-0.4, -0.2) is 43.8 Å². The van der Waals surface area contributed by atoms with E-state index < -0.39 is 28.5 Å². The van der Waals surface area contributed by atoms with Gasteiger partial charge in [0.25, 0.3) is 10.0 Å². The molecule has 0 saturated heterocycles. The van der Waals surface area contributed by atoms with Gasteiger partial charge < -0.3 is 10.2 Å². The van der Waals surface area contributed by atoms with Gasteiger partial charge in [-0.05, 0) is 56.2 Å². The molecule has 0 spiro atoms. The molecule has 1 N–H and O–H groups in total. The highest BCUT2D eigenvalue weighted by Crippen LogP contribution is 2.36. The van der Waals surface area contributed by atoms with Crippen LogP contribution in [0.5, 0.6) is 0 Å². The van der Waals surface area contributed by atoms with Crippen LogP contribution >= 0.6 is 46.4 Å². The molecule has 0 heterocycles. The lowest BCUT2D eigenvalue weighted by Crippen LogP contribution is -2.53. The molecule has 220 valence electrons. The Hall–Kier alpha value is -2.49. The van der Waals surface area contributed by atoms with E-state index in [1.165, 1.54) is 35.2 Å². The molecule has 41 heavy (non-hydrogen) atoms. The largest absolute Gasteiger partial charge is 0.352 e. The molecule has 0 aliphatic rings. The summed E-state index contributed by atoms with van der Waals surface area (Å²) in [6, 6.07) is 16.0. The Bertz CT molecular complexity index is 1470. The quantitative estimate of drug-likeness (QED) is 0.223. The Kier molecular flexibility index (Phi) is 11.8. The van der Waals surface area contributed by atoms with Gasteiger partial charge in [-0.25, -0.2) is 8.42 Å². The van der Waals surface area contributed by atoms with E-state index in [0.29, 0.717) is 22.0 Å². The molecule has 2 amide bonds. The normalized spacial score (nSPS) is 12.9. The number of rotatable bonds is 12. The number of hydrogen-bond acceptors (Lipinski definition) is 4. The van der Waals surface area contributed by atoms with Crippen molar-refractivity contribution in [1.29, 1.82) is 0 Å². The van der Waals surface area contributed by atoms with E-state index in [9.17, 15) is 18.0 Å². The minimum atomic E-state index is -4.30. The molecule has 0 radical (unpaired) electrons. The van der Waals surface area contributed by atoms with Gasteiger partial charge in [0, 0.05) is 28.2 Å². The third-order valence-corrected chi connectivity index (χ3v) is 9.88. The van der Waals surface area contributed by atoms with Crippen LogP contribution in [0.2, 0.25) is 20.1 Å². The van der Waals surface area contributed by atoms with Crippen molar-refractivity contribution < 1.29 is 18.0 Å². The van der Waals surface area contributed by atoms with Gasteiger partial charge in [-0.3, -0.25) is 13.9 Å². The van der Waals surface area contributed by atoms with Gasteiger partial charge >= 0.3 is 0 Å². The summed E-state index contributed by atoms with van der Waals surface area (Å²) >= 11 is 25.6. The van der Waals surface area contributed by atoms with Gasteiger partial charge in [-0.2, -0.15) is 0 Å². The SMILES string of the molecule is CCC(C)NC(=O)C(CC)N(Cc1c(Cl)cccc1Cl)C(=O)CN(c1cccc(Cl)c1Cl)S(=O)(=O)c1ccccc1. The predicted molar refractivity (Wildman–Crippen MR) is 166 cm³/mol. The number of benzene rings is 3. The summed E-state index contributed by atoms with van der Waals surface area (Å²) in [4.78, 5) is 28.8. The Morgan fingerprint density at radius 2 is 1.41 bits per heavy atom. The van der Waals surface area contributed by atoms with E-state index in [-0.39, 0.29) is 45.5 Å². The number of nitrogens with zero attached hydrogens (tertiary/aromatic N) is 2. The number of hydrogen-bond donors (Lipinski definition) is 1. The summed E-state index contributed by atoms with van der Waals surface area (Å²) in [6.07, 6.45) is 0.933. The fourth-order valence-corrected chi connectivity index (χ4v) is 6.54. The van der Waals surface area contributed by atoms with Crippen molar-refractivity contribution in [2.24, 2.45) is 0 Å². The first-order valence-corrected chi connectivity index (χ1v) is 15.9. The Morgan fingerprint density at radius 1 is 0.829 bits per heavy atom. The molecule has 0 aromatic heterocycles. The summed E-state index contributed by atoms with van der Waals surface area (Å²) in [5, 5.41) is 3.61. The topological polar surface area (TPSA) is 86.8 Å². The Labute approximate surface area is 261 Å². The van der Waals surface area contributed by atoms with Crippen LogP contribution in [0.3, 0.4) is 0 Å². The van der Waals surface area contributed by atoms with Gasteiger partial charge in [0.2, 0.25) is 11.8 Å². The number of sulfonamides is 1. The van der Waals surface area contributed by atoms with Crippen molar-refractivity contribution >= 4 is 73.9 Å². The third-order valence-electron chi connectivity index (χ3n) is 6.59. The molecule has 0 saturated carbocycles. The maximum absolute atomic E-state index is 14.2. The number of halogens is 4. The van der Waals surface area contributed by atoms with Gasteiger partial charge in [0.15, 0.2) is 0 Å². The van der Waals surface area contributed by atoms with E-state index in [1.54, 1.807) is 43.3 Å². The molecule has 3 rings (SSSR count). The molecular weight excluding hydrogens is 628 g/mol. The van der Waals surface area contributed by atoms with Crippen molar-refractivity contribution in [1.82, 2.24) is 10.2 Å². The first kappa shape index (κ1) is 33.0. The zero-order valence-corrected chi connectivity index (χ0v) is 26.6. The maximum Gasteiger partial charge on any atom is 0.264 e. The molecule has 0 aliphatic heterocycles. The molecule has 3 aromatic carbocycles. The first-order chi connectivity index (χ1) is 19.4. The van der Waals surface area contributed by atoms with Gasteiger partial charge in [-0.1, -0.05) is 90.6 Å². The number of carbonyl (C=O) groups excluding carboxylic acids is 2. The summed E-state index contributed by atoms with van der Waals surface area (Å²) in [5.41, 5.74) is 0.446. The van der Waals surface area contributed by atoms with Crippen molar-refractivity contribution in [2.75, 3.05) is 10.8 Å². The highest BCUT2D eigenvalue weighted by Gasteiger charge is 2.35. The highest BCUT2D eigenvalue weighted by atomic mass is 35.5. The van der Waals surface area contributed by atoms with E-state index in [2.05, 4.69) is 5.32 Å². The molecule has 0 bridgehead atoms. The van der Waals surface area contributed by atoms with E-state index in [4.69, 9.17) is 46.4 Å². The van der Waals surface area contributed by atoms with Crippen LogP contribution in [0.25, 0.3) is 0 Å². The Balaban J connectivity index is 2.13. The lowest BCUT2D eigenvalue weighted by atomic mass is 10.1. The van der Waals surface area contributed by atoms with Crippen LogP contribution < -0.4 is 9.62 Å². The molecule has 2 unspecified atom stereocenters. The van der Waals surface area contributed by atoms with E-state index in [0.717, 1.165) is 4.31 Å². The molecule has 3 aromatic rings. The number of nitrogens with one attached hydrogen (secondary N) is 1. The summed E-state index contributed by atoms with van der Waals surface area (Å²) in [5.74, 6) is -1.04. The van der Waals surface area contributed by atoms with Crippen molar-refractivity contribution in [3.63, 3.8) is 0 Å². The molecule has 7 nitrogen and oxygen atoms in total. The molecule has 2 atom stereocenters. The average molecular weight is 659 g/mol. The summed E-state index contributed by atoms with van der Waals surface area (Å²) in [6.45, 7) is 4.75. The van der Waals surface area contributed by atoms with Crippen LogP contribution in [0.1, 0.15) is 39.2 Å². The molecule has 0 aliphatic carbocycles.